The predicted octanol–water partition coefficient (Wildman–Crippen LogP) is 4.53. The second kappa shape index (κ2) is 9.91. The number of alkyl halides is 2. The van der Waals surface area contributed by atoms with Crippen LogP contribution in [0.15, 0.2) is 24.5 Å². The second-order valence-corrected chi connectivity index (χ2v) is 7.97. The first-order valence-corrected chi connectivity index (χ1v) is 10.4. The van der Waals surface area contributed by atoms with Crippen molar-refractivity contribution in [3.8, 4) is 0 Å². The van der Waals surface area contributed by atoms with Crippen molar-refractivity contribution in [1.29, 1.82) is 0 Å². The Morgan fingerprint density at radius 3 is 2.77 bits per heavy atom. The molecule has 1 aliphatic rings. The van der Waals surface area contributed by atoms with Gasteiger partial charge in [0.2, 0.25) is 5.92 Å². The van der Waals surface area contributed by atoms with E-state index in [0.717, 1.165) is 30.9 Å². The molecule has 8 heteroatoms. The number of pyridine rings is 1. The average Bonchev–Trinajstić information content (AvgIpc) is 2.71. The summed E-state index contributed by atoms with van der Waals surface area (Å²) in [6.45, 7) is 2.61. The van der Waals surface area contributed by atoms with Gasteiger partial charge in [-0.3, -0.25) is 4.79 Å². The third kappa shape index (κ3) is 6.43. The average molecular weight is 418 g/mol. The Labute approximate surface area is 175 Å². The van der Waals surface area contributed by atoms with Gasteiger partial charge in [-0.05, 0) is 56.2 Å². The summed E-state index contributed by atoms with van der Waals surface area (Å²) in [4.78, 5) is 23.8. The van der Waals surface area contributed by atoms with Crippen molar-refractivity contribution in [3.63, 3.8) is 0 Å². The quantitative estimate of drug-likeness (QED) is 0.551. The summed E-state index contributed by atoms with van der Waals surface area (Å²) in [6, 6.07) is 4.04. The van der Waals surface area contributed by atoms with E-state index in [1.165, 1.54) is 18.0 Å². The molecule has 0 bridgehead atoms. The van der Waals surface area contributed by atoms with Crippen LogP contribution in [-0.2, 0) is 17.6 Å². The van der Waals surface area contributed by atoms with Gasteiger partial charge < -0.3 is 10.4 Å². The van der Waals surface area contributed by atoms with Gasteiger partial charge in [0.15, 0.2) is 0 Å². The molecule has 0 spiro atoms. The molecule has 1 aliphatic heterocycles. The van der Waals surface area contributed by atoms with Crippen LogP contribution in [0.4, 0.5) is 14.6 Å². The number of nitrogens with one attached hydrogen (secondary N) is 1. The van der Waals surface area contributed by atoms with Gasteiger partial charge in [-0.25, -0.2) is 23.7 Å². The smallest absolute Gasteiger partial charge is 0.303 e. The standard InChI is InChI=1S/C22H28F2N4O2/c1-15-26-13-18(14-27-15)17(11-20(29)30)12-22(23,24)9-3-2-6-19-8-7-16-5-4-10-25-21(16)28-19/h7-8,13-14,17H,2-6,9-12H2,1H3,(H,25,28)(H,29,30)/t17-/m1/s1. The molecule has 0 amide bonds. The predicted molar refractivity (Wildman–Crippen MR) is 110 cm³/mol. The molecule has 30 heavy (non-hydrogen) atoms. The lowest BCUT2D eigenvalue weighted by atomic mass is 9.89. The van der Waals surface area contributed by atoms with E-state index in [9.17, 15) is 13.6 Å². The number of fused-ring (bicyclic) bond motifs is 1. The number of carbonyl (C=O) groups is 1. The molecule has 3 heterocycles. The maximum atomic E-state index is 14.6. The third-order valence-corrected chi connectivity index (χ3v) is 5.42. The number of carboxylic acids is 1. The molecule has 0 fully saturated rings. The van der Waals surface area contributed by atoms with Crippen molar-refractivity contribution in [1.82, 2.24) is 15.0 Å². The Morgan fingerprint density at radius 1 is 1.27 bits per heavy atom. The van der Waals surface area contributed by atoms with Crippen LogP contribution < -0.4 is 5.32 Å². The molecule has 0 aromatic carbocycles. The van der Waals surface area contributed by atoms with E-state index in [1.807, 2.05) is 6.07 Å². The summed E-state index contributed by atoms with van der Waals surface area (Å²) >= 11 is 0. The number of carboxylic acid groups (broad SMARTS) is 1. The fraction of sp³-hybridized carbons (Fsp3) is 0.545. The van der Waals surface area contributed by atoms with Crippen LogP contribution in [0.3, 0.4) is 0 Å². The minimum absolute atomic E-state index is 0.279. The highest BCUT2D eigenvalue weighted by molar-refractivity contribution is 5.68. The minimum atomic E-state index is -2.95. The van der Waals surface area contributed by atoms with E-state index < -0.39 is 24.2 Å². The second-order valence-electron chi connectivity index (χ2n) is 7.97. The van der Waals surface area contributed by atoms with Crippen LogP contribution in [0, 0.1) is 6.92 Å². The van der Waals surface area contributed by atoms with Gasteiger partial charge >= 0.3 is 5.97 Å². The number of aromatic nitrogens is 3. The Morgan fingerprint density at radius 2 is 2.03 bits per heavy atom. The molecular weight excluding hydrogens is 390 g/mol. The van der Waals surface area contributed by atoms with E-state index in [0.29, 0.717) is 30.7 Å². The van der Waals surface area contributed by atoms with Gasteiger partial charge in [-0.15, -0.1) is 0 Å². The third-order valence-electron chi connectivity index (χ3n) is 5.42. The summed E-state index contributed by atoms with van der Waals surface area (Å²) in [5.74, 6) is -3.43. The topological polar surface area (TPSA) is 88.0 Å². The summed E-state index contributed by atoms with van der Waals surface area (Å²) in [6.07, 6.45) is 5.45. The molecule has 2 aromatic rings. The van der Waals surface area contributed by atoms with Crippen molar-refractivity contribution in [2.75, 3.05) is 11.9 Å². The fourth-order valence-corrected chi connectivity index (χ4v) is 3.79. The Balaban J connectivity index is 1.51. The molecule has 2 N–H and O–H groups in total. The SMILES string of the molecule is Cc1ncc([C@H](CC(=O)O)CC(F)(F)CCCCc2ccc3c(n2)NCCC3)cn1. The van der Waals surface area contributed by atoms with Gasteiger partial charge in [-0.1, -0.05) is 6.07 Å². The number of hydrogen-bond acceptors (Lipinski definition) is 5. The number of aliphatic carboxylic acids is 1. The van der Waals surface area contributed by atoms with Crippen LogP contribution in [0.1, 0.15) is 67.1 Å². The van der Waals surface area contributed by atoms with Crippen molar-refractivity contribution in [2.24, 2.45) is 0 Å². The van der Waals surface area contributed by atoms with Gasteiger partial charge in [0.1, 0.15) is 11.6 Å². The van der Waals surface area contributed by atoms with Crippen molar-refractivity contribution >= 4 is 11.8 Å². The van der Waals surface area contributed by atoms with E-state index in [4.69, 9.17) is 5.11 Å². The molecule has 0 saturated heterocycles. The highest BCUT2D eigenvalue weighted by atomic mass is 19.3. The number of rotatable bonds is 10. The Bertz CT molecular complexity index is 859. The van der Waals surface area contributed by atoms with Crippen molar-refractivity contribution in [3.05, 3.63) is 47.2 Å². The summed E-state index contributed by atoms with van der Waals surface area (Å²) in [5, 5.41) is 12.4. The largest absolute Gasteiger partial charge is 0.481 e. The molecular formula is C22H28F2N4O2. The molecule has 2 aromatic heterocycles. The van der Waals surface area contributed by atoms with E-state index in [-0.39, 0.29) is 12.8 Å². The zero-order valence-electron chi connectivity index (χ0n) is 17.2. The summed E-state index contributed by atoms with van der Waals surface area (Å²) in [5.41, 5.74) is 2.56. The first-order chi connectivity index (χ1) is 14.3. The van der Waals surface area contributed by atoms with Crippen molar-refractivity contribution < 1.29 is 18.7 Å². The maximum Gasteiger partial charge on any atom is 0.303 e. The maximum absolute atomic E-state index is 14.6. The van der Waals surface area contributed by atoms with Crippen molar-refractivity contribution in [2.45, 2.75) is 70.1 Å². The summed E-state index contributed by atoms with van der Waals surface area (Å²) < 4.78 is 29.2. The van der Waals surface area contributed by atoms with Gasteiger partial charge in [0, 0.05) is 43.4 Å². The normalized spacial score (nSPS) is 14.6. The Hall–Kier alpha value is -2.64. The zero-order chi connectivity index (χ0) is 21.6. The van der Waals surface area contributed by atoms with E-state index in [2.05, 4.69) is 26.3 Å². The highest BCUT2D eigenvalue weighted by Gasteiger charge is 2.34. The number of anilines is 1. The van der Waals surface area contributed by atoms with Crippen LogP contribution in [-0.4, -0.2) is 38.5 Å². The lowest BCUT2D eigenvalue weighted by molar-refractivity contribution is -0.138. The zero-order valence-corrected chi connectivity index (χ0v) is 17.2. The molecule has 0 radical (unpaired) electrons. The van der Waals surface area contributed by atoms with Gasteiger partial charge in [0.05, 0.1) is 6.42 Å². The molecule has 162 valence electrons. The molecule has 0 aliphatic carbocycles. The molecule has 0 saturated carbocycles. The van der Waals surface area contributed by atoms with Crippen LogP contribution in [0.5, 0.6) is 0 Å². The molecule has 0 unspecified atom stereocenters. The number of halogens is 2. The number of hydrogen-bond donors (Lipinski definition) is 2. The fourth-order valence-electron chi connectivity index (χ4n) is 3.79. The highest BCUT2D eigenvalue weighted by Crippen LogP contribution is 2.35. The van der Waals surface area contributed by atoms with Crippen LogP contribution in [0.25, 0.3) is 0 Å². The van der Waals surface area contributed by atoms with Gasteiger partial charge in [-0.2, -0.15) is 0 Å². The molecule has 6 nitrogen and oxygen atoms in total. The number of aryl methyl sites for hydroxylation is 3. The molecule has 3 rings (SSSR count). The van der Waals surface area contributed by atoms with Crippen LogP contribution >= 0.6 is 0 Å². The molecule has 1 atom stereocenters. The first kappa shape index (κ1) is 22.1. The van der Waals surface area contributed by atoms with E-state index in [1.54, 1.807) is 6.92 Å². The van der Waals surface area contributed by atoms with Crippen LogP contribution in [0.2, 0.25) is 0 Å². The Kier molecular flexibility index (Phi) is 7.29. The van der Waals surface area contributed by atoms with E-state index >= 15 is 0 Å². The monoisotopic (exact) mass is 418 g/mol. The minimum Gasteiger partial charge on any atom is -0.481 e. The number of unbranched alkanes of at least 4 members (excludes halogenated alkanes) is 1. The van der Waals surface area contributed by atoms with Gasteiger partial charge in [0.25, 0.3) is 0 Å². The lowest BCUT2D eigenvalue weighted by Crippen LogP contribution is -2.22. The lowest BCUT2D eigenvalue weighted by Gasteiger charge is -2.22. The summed E-state index contributed by atoms with van der Waals surface area (Å²) in [7, 11) is 0. The first-order valence-electron chi connectivity index (χ1n) is 10.4. The number of nitrogens with zero attached hydrogens (tertiary/aromatic N) is 3.